The number of hydrogen-bond donors (Lipinski definition) is 12. The van der Waals surface area contributed by atoms with Gasteiger partial charge in [0.1, 0.15) is 42.7 Å². The molecule has 0 unspecified atom stereocenters. The van der Waals surface area contributed by atoms with E-state index in [9.17, 15) is 20.1 Å². The molecule has 0 amide bonds. The van der Waals surface area contributed by atoms with Crippen molar-refractivity contribution in [1.82, 2.24) is 5.32 Å². The van der Waals surface area contributed by atoms with Crippen LogP contribution in [0.1, 0.15) is 31.1 Å². The maximum Gasteiger partial charge on any atom is 0.151 e. The first kappa shape index (κ1) is 23.8. The summed E-state index contributed by atoms with van der Waals surface area (Å²) in [6.07, 6.45) is -10.2. The predicted molar refractivity (Wildman–Crippen MR) is 111 cm³/mol. The van der Waals surface area contributed by atoms with E-state index in [1.807, 2.05) is 0 Å². The third-order valence-corrected chi connectivity index (χ3v) is 4.11. The second kappa shape index (κ2) is 18.9. The second-order valence-electron chi connectivity index (χ2n) is 6.64. The summed E-state index contributed by atoms with van der Waals surface area (Å²) in [4.78, 5) is 9.90. The normalized spacial score (nSPS) is 20.5. The summed E-state index contributed by atoms with van der Waals surface area (Å²) in [6, 6.07) is 0. The summed E-state index contributed by atoms with van der Waals surface area (Å²) in [5, 5.41) is 101. The number of rotatable bonds is 16. The van der Waals surface area contributed by atoms with E-state index in [4.69, 9.17) is 52.7 Å². The van der Waals surface area contributed by atoms with Crippen LogP contribution in [0.2, 0.25) is 0 Å². The van der Waals surface area contributed by atoms with Crippen LogP contribution in [0.4, 0.5) is 0 Å². The lowest BCUT2D eigenvalue weighted by Gasteiger charge is -2.25. The van der Waals surface area contributed by atoms with Gasteiger partial charge < -0.3 is 66.3 Å². The lowest BCUT2D eigenvalue weighted by atomic mass is 10.0. The number of aliphatic hydroxyl groups is 11. The molecule has 12 N–H and O–H groups in total. The van der Waals surface area contributed by atoms with E-state index in [0.29, 0.717) is 6.54 Å². The van der Waals surface area contributed by atoms with Gasteiger partial charge in [-0.15, -0.1) is 0 Å². The molecular weight excluding hydrogens is 410 g/mol. The molecule has 0 saturated carbocycles. The zero-order valence-electron chi connectivity index (χ0n) is 24.7. The molecule has 13 heteroatoms. The molecule has 0 radical (unpaired) electrons. The predicted octanol–water partition coefficient (Wildman–Crippen LogP) is -5.22. The quantitative estimate of drug-likeness (QED) is 0.0756. The number of hydrogen-bond acceptors (Lipinski definition) is 13. The number of unbranched alkanes of at least 4 members (excludes halogenated alkanes) is 2. The standard InChI is InChI=1S/C11H25NO6.C6H12O6.4H2/c13-5-3-1-2-4-12-6-8(15)10(17)11(18)9(16)7-14;7-1-3(9)5(11)6(12)4(10)2-8;;;;/h8-18H,1-7H2;1,3-6,8-12H,2H2;4*1H/t8-,9+,10+,11+;3-,4+,5+,6+;;;;/m00..../s1/i;;4*1+1D. The monoisotopic (exact) mass is 463 g/mol. The summed E-state index contributed by atoms with van der Waals surface area (Å²) >= 11 is 0. The highest BCUT2D eigenvalue weighted by atomic mass is 16.4. The van der Waals surface area contributed by atoms with Gasteiger partial charge in [-0.25, -0.2) is 0 Å². The minimum atomic E-state index is -1.79. The SMILES string of the molecule is O=C[C@H](O)[C@@H](O)[C@H](O)[C@H](O)CO.OCCCCCNC[C@H](O)[C@@H](O)[C@H](O)[C@H](O)CO.[2H][2H].[2H][2H].[2H][2H].[2H][2H]. The van der Waals surface area contributed by atoms with Crippen molar-refractivity contribution in [3.05, 3.63) is 0 Å². The molecular formula is C17H45NO12. The van der Waals surface area contributed by atoms with Gasteiger partial charge in [0.05, 0.1) is 19.3 Å². The van der Waals surface area contributed by atoms with Crippen molar-refractivity contribution < 1.29 is 72.8 Å². The third kappa shape index (κ3) is 13.5. The number of aldehydes is 1. The first-order valence-corrected chi connectivity index (χ1v) is 9.52. The average Bonchev–Trinajstić information content (AvgIpc) is 3.00. The first-order chi connectivity index (χ1) is 18.1. The first-order valence-electron chi connectivity index (χ1n) is 13.5. The molecule has 0 aliphatic rings. The van der Waals surface area contributed by atoms with Crippen LogP contribution in [0.5, 0.6) is 0 Å². The van der Waals surface area contributed by atoms with E-state index in [1.54, 1.807) is 0 Å². The third-order valence-electron chi connectivity index (χ3n) is 4.11. The van der Waals surface area contributed by atoms with E-state index < -0.39 is 62.0 Å². The van der Waals surface area contributed by atoms with Gasteiger partial charge in [-0.2, -0.15) is 0 Å². The van der Waals surface area contributed by atoms with Gasteiger partial charge in [0.15, 0.2) is 6.29 Å². The van der Waals surface area contributed by atoms with E-state index >= 15 is 0 Å². The van der Waals surface area contributed by atoms with Crippen LogP contribution in [-0.2, 0) is 4.79 Å². The summed E-state index contributed by atoms with van der Waals surface area (Å²) in [7, 11) is 0. The summed E-state index contributed by atoms with van der Waals surface area (Å²) in [5.41, 5.74) is 0. The van der Waals surface area contributed by atoms with Crippen LogP contribution in [0.3, 0.4) is 0 Å². The van der Waals surface area contributed by atoms with Crippen molar-refractivity contribution in [2.75, 3.05) is 32.9 Å². The maximum absolute atomic E-state index is 9.90. The highest BCUT2D eigenvalue weighted by Gasteiger charge is 2.30. The fourth-order valence-electron chi connectivity index (χ4n) is 2.09. The summed E-state index contributed by atoms with van der Waals surface area (Å²) in [6.45, 7) is -0.576. The van der Waals surface area contributed by atoms with Gasteiger partial charge >= 0.3 is 0 Å². The average molecular weight is 464 g/mol. The van der Waals surface area contributed by atoms with E-state index in [1.165, 1.54) is 0 Å². The Bertz CT molecular complexity index is 433. The van der Waals surface area contributed by atoms with Crippen LogP contribution >= 0.6 is 0 Å². The molecule has 0 aromatic carbocycles. The van der Waals surface area contributed by atoms with E-state index in [-0.39, 0.29) is 19.4 Å². The van der Waals surface area contributed by atoms with Gasteiger partial charge in [-0.1, -0.05) is 0 Å². The number of nitrogens with one attached hydrogen (secondary N) is 1. The Labute approximate surface area is 186 Å². The zero-order valence-corrected chi connectivity index (χ0v) is 16.7. The number of aliphatic hydroxyl groups excluding tert-OH is 11. The molecule has 0 heterocycles. The number of carbonyl (C=O) groups is 1. The molecule has 8 atom stereocenters. The Morgan fingerprint density at radius 2 is 1.17 bits per heavy atom. The molecule has 0 aliphatic heterocycles. The fourth-order valence-corrected chi connectivity index (χ4v) is 2.09. The van der Waals surface area contributed by atoms with Crippen LogP contribution in [-0.4, -0.2) is 144 Å². The van der Waals surface area contributed by atoms with Gasteiger partial charge in [0, 0.05) is 25.0 Å². The van der Waals surface area contributed by atoms with Crippen molar-refractivity contribution in [3.63, 3.8) is 0 Å². The van der Waals surface area contributed by atoms with Crippen molar-refractivity contribution in [2.45, 2.75) is 68.1 Å². The molecule has 0 rings (SSSR count). The van der Waals surface area contributed by atoms with Crippen LogP contribution in [0.15, 0.2) is 0 Å². The summed E-state index contributed by atoms with van der Waals surface area (Å²) in [5.74, 6) is 0. The Morgan fingerprint density at radius 1 is 0.700 bits per heavy atom. The molecule has 0 aromatic heterocycles. The second-order valence-corrected chi connectivity index (χ2v) is 6.64. The smallest absolute Gasteiger partial charge is 0.151 e. The Hall–Kier alpha value is -0.810. The Morgan fingerprint density at radius 3 is 1.60 bits per heavy atom. The fraction of sp³-hybridized carbons (Fsp3) is 0.941. The van der Waals surface area contributed by atoms with Gasteiger partial charge in [0.25, 0.3) is 0 Å². The largest absolute Gasteiger partial charge is 0.396 e. The number of carbonyl (C=O) groups excluding carboxylic acids is 1. The molecule has 0 saturated heterocycles. The minimum absolute atomic E-state index is 0.0258. The molecule has 30 heavy (non-hydrogen) atoms. The topological polar surface area (TPSA) is 252 Å². The molecule has 0 aliphatic carbocycles. The highest BCUT2D eigenvalue weighted by molar-refractivity contribution is 5.56. The molecule has 13 nitrogen and oxygen atoms in total. The van der Waals surface area contributed by atoms with Crippen molar-refractivity contribution in [1.29, 1.82) is 0 Å². The lowest BCUT2D eigenvalue weighted by molar-refractivity contribution is -0.136. The Kier molecular flexibility index (Phi) is 15.0. The lowest BCUT2D eigenvalue weighted by Crippen LogP contribution is -2.49. The van der Waals surface area contributed by atoms with E-state index in [0.717, 1.165) is 19.3 Å². The minimum Gasteiger partial charge on any atom is -0.396 e. The zero-order chi connectivity index (χ0) is 31.7. The molecule has 190 valence electrons. The Balaban J connectivity index is -0.000000111. The molecule has 0 spiro atoms. The van der Waals surface area contributed by atoms with Crippen LogP contribution < -0.4 is 5.32 Å². The van der Waals surface area contributed by atoms with E-state index in [2.05, 4.69) is 5.32 Å². The highest BCUT2D eigenvalue weighted by Crippen LogP contribution is 2.05. The van der Waals surface area contributed by atoms with Crippen molar-refractivity contribution in [2.24, 2.45) is 0 Å². The van der Waals surface area contributed by atoms with Crippen molar-refractivity contribution in [3.8, 4) is 0 Å². The maximum atomic E-state index is 9.90. The van der Waals surface area contributed by atoms with Crippen molar-refractivity contribution >= 4 is 6.29 Å². The van der Waals surface area contributed by atoms with Gasteiger partial charge in [-0.3, -0.25) is 0 Å². The summed E-state index contributed by atoms with van der Waals surface area (Å²) < 4.78 is 40.0. The molecule has 0 aromatic rings. The van der Waals surface area contributed by atoms with Crippen LogP contribution in [0.25, 0.3) is 0 Å². The molecule has 0 fully saturated rings. The van der Waals surface area contributed by atoms with Gasteiger partial charge in [0.2, 0.25) is 0 Å². The van der Waals surface area contributed by atoms with Crippen LogP contribution in [0, 0.1) is 0 Å². The van der Waals surface area contributed by atoms with Gasteiger partial charge in [-0.05, 0) is 25.8 Å². The molecule has 0 bridgehead atoms.